The van der Waals surface area contributed by atoms with Crippen LogP contribution in [0.4, 0.5) is 4.79 Å². The summed E-state index contributed by atoms with van der Waals surface area (Å²) in [5.74, 6) is -1.55. The molecule has 3 rings (SSSR count). The Kier molecular flexibility index (Phi) is 3.79. The van der Waals surface area contributed by atoms with E-state index in [-0.39, 0.29) is 5.41 Å². The van der Waals surface area contributed by atoms with Crippen LogP contribution in [0.5, 0.6) is 0 Å². The van der Waals surface area contributed by atoms with Crippen molar-refractivity contribution < 1.29 is 28.5 Å². The summed E-state index contributed by atoms with van der Waals surface area (Å²) in [7, 11) is 0. The molecular formula is C13H21NO6. The lowest BCUT2D eigenvalue weighted by Crippen LogP contribution is -2.68. The molecule has 3 heterocycles. The van der Waals surface area contributed by atoms with E-state index in [0.717, 1.165) is 0 Å². The first-order valence-corrected chi connectivity index (χ1v) is 6.55. The third kappa shape index (κ3) is 3.11. The molecule has 3 aliphatic rings. The molecule has 1 unspecified atom stereocenters. The number of carbonyl (C=O) groups excluding carboxylic acids is 2. The molecule has 0 spiro atoms. The normalized spacial score (nSPS) is 34.4. The zero-order chi connectivity index (χ0) is 15.0. The van der Waals surface area contributed by atoms with Crippen LogP contribution < -0.4 is 5.32 Å². The lowest BCUT2D eigenvalue weighted by Gasteiger charge is -2.51. The maximum atomic E-state index is 11.7. The SMILES string of the molecule is CC12COC(C(C=O)NC(=O)OC(C)(C)C)(OC1)OC2. The van der Waals surface area contributed by atoms with Crippen LogP contribution in [0.1, 0.15) is 27.7 Å². The first kappa shape index (κ1) is 15.2. The van der Waals surface area contributed by atoms with E-state index in [9.17, 15) is 9.59 Å². The average molecular weight is 287 g/mol. The van der Waals surface area contributed by atoms with Gasteiger partial charge in [-0.05, 0) is 20.8 Å². The topological polar surface area (TPSA) is 83.1 Å². The van der Waals surface area contributed by atoms with Crippen LogP contribution >= 0.6 is 0 Å². The highest BCUT2D eigenvalue weighted by atomic mass is 16.9. The molecule has 3 aliphatic heterocycles. The molecule has 7 nitrogen and oxygen atoms in total. The second kappa shape index (κ2) is 4.98. The molecule has 0 saturated carbocycles. The molecule has 3 saturated heterocycles. The van der Waals surface area contributed by atoms with Crippen molar-refractivity contribution in [3.05, 3.63) is 0 Å². The van der Waals surface area contributed by atoms with Gasteiger partial charge in [0.1, 0.15) is 5.60 Å². The molecule has 0 aliphatic carbocycles. The molecule has 7 heteroatoms. The molecule has 3 fully saturated rings. The second-order valence-corrected chi connectivity index (χ2v) is 6.54. The van der Waals surface area contributed by atoms with Crippen molar-refractivity contribution in [1.29, 1.82) is 0 Å². The van der Waals surface area contributed by atoms with Gasteiger partial charge in [-0.1, -0.05) is 6.92 Å². The van der Waals surface area contributed by atoms with Crippen molar-refractivity contribution in [1.82, 2.24) is 5.32 Å². The Morgan fingerprint density at radius 1 is 1.25 bits per heavy atom. The Bertz CT molecular complexity index is 378. The summed E-state index contributed by atoms with van der Waals surface area (Å²) < 4.78 is 21.6. The third-order valence-electron chi connectivity index (χ3n) is 3.05. The number of rotatable bonds is 3. The lowest BCUT2D eigenvalue weighted by atomic mass is 9.91. The lowest BCUT2D eigenvalue weighted by molar-refractivity contribution is -0.468. The van der Waals surface area contributed by atoms with Gasteiger partial charge in [0.25, 0.3) is 0 Å². The smallest absolute Gasteiger partial charge is 0.408 e. The van der Waals surface area contributed by atoms with Crippen molar-refractivity contribution in [3.8, 4) is 0 Å². The molecule has 0 aromatic heterocycles. The van der Waals surface area contributed by atoms with E-state index >= 15 is 0 Å². The third-order valence-corrected chi connectivity index (χ3v) is 3.05. The number of carbonyl (C=O) groups is 2. The molecule has 2 bridgehead atoms. The Balaban J connectivity index is 2.02. The van der Waals surface area contributed by atoms with Gasteiger partial charge in [-0.2, -0.15) is 0 Å². The van der Waals surface area contributed by atoms with Crippen molar-refractivity contribution >= 4 is 12.4 Å². The van der Waals surface area contributed by atoms with Gasteiger partial charge in [0.15, 0.2) is 12.3 Å². The highest BCUT2D eigenvalue weighted by Crippen LogP contribution is 2.39. The minimum atomic E-state index is -1.55. The van der Waals surface area contributed by atoms with Crippen molar-refractivity contribution in [2.24, 2.45) is 5.41 Å². The number of nitrogens with one attached hydrogen (secondary N) is 1. The highest BCUT2D eigenvalue weighted by molar-refractivity contribution is 5.74. The summed E-state index contributed by atoms with van der Waals surface area (Å²) in [6.45, 7) is 8.39. The van der Waals surface area contributed by atoms with E-state index < -0.39 is 23.7 Å². The Labute approximate surface area is 117 Å². The number of hydrogen-bond acceptors (Lipinski definition) is 6. The number of aldehydes is 1. The predicted octanol–water partition coefficient (Wildman–Crippen LogP) is 0.816. The number of ether oxygens (including phenoxy) is 4. The van der Waals surface area contributed by atoms with Crippen LogP contribution in [0.25, 0.3) is 0 Å². The number of hydrogen-bond donors (Lipinski definition) is 1. The van der Waals surface area contributed by atoms with Crippen LogP contribution in [0.2, 0.25) is 0 Å². The Morgan fingerprint density at radius 3 is 2.15 bits per heavy atom. The monoisotopic (exact) mass is 287 g/mol. The second-order valence-electron chi connectivity index (χ2n) is 6.54. The largest absolute Gasteiger partial charge is 0.444 e. The van der Waals surface area contributed by atoms with Gasteiger partial charge in [0, 0.05) is 5.41 Å². The summed E-state index contributed by atoms with van der Waals surface area (Å²) in [4.78, 5) is 23.0. The minimum Gasteiger partial charge on any atom is -0.444 e. The number of amides is 1. The summed E-state index contributed by atoms with van der Waals surface area (Å²) in [5.41, 5.74) is -0.865. The standard InChI is InChI=1S/C13H21NO6/c1-11(2,3)20-10(16)14-9(5-15)13-17-6-12(4,7-18-13)8-19-13/h5,9H,6-8H2,1-4H3,(H,14,16). The Morgan fingerprint density at radius 2 is 1.75 bits per heavy atom. The minimum absolute atomic E-state index is 0.207. The molecular weight excluding hydrogens is 266 g/mol. The average Bonchev–Trinajstić information content (AvgIpc) is 2.35. The first-order valence-electron chi connectivity index (χ1n) is 6.55. The van der Waals surface area contributed by atoms with Crippen LogP contribution in [0.3, 0.4) is 0 Å². The van der Waals surface area contributed by atoms with Crippen molar-refractivity contribution in [3.63, 3.8) is 0 Å². The highest BCUT2D eigenvalue weighted by Gasteiger charge is 2.55. The van der Waals surface area contributed by atoms with E-state index in [2.05, 4.69) is 5.32 Å². The summed E-state index contributed by atoms with van der Waals surface area (Å²) in [6, 6.07) is -1.08. The van der Waals surface area contributed by atoms with Crippen LogP contribution in [-0.2, 0) is 23.7 Å². The van der Waals surface area contributed by atoms with Crippen molar-refractivity contribution in [2.75, 3.05) is 19.8 Å². The molecule has 0 radical (unpaired) electrons. The van der Waals surface area contributed by atoms with Crippen molar-refractivity contribution in [2.45, 2.75) is 45.3 Å². The van der Waals surface area contributed by atoms with Gasteiger partial charge >= 0.3 is 12.1 Å². The fraction of sp³-hybridized carbons (Fsp3) is 0.846. The quantitative estimate of drug-likeness (QED) is 0.774. The van der Waals surface area contributed by atoms with Gasteiger partial charge < -0.3 is 29.1 Å². The van der Waals surface area contributed by atoms with Gasteiger partial charge in [-0.15, -0.1) is 0 Å². The maximum Gasteiger partial charge on any atom is 0.408 e. The fourth-order valence-electron chi connectivity index (χ4n) is 1.98. The number of alkyl carbamates (subject to hydrolysis) is 1. The Hall–Kier alpha value is -1.18. The zero-order valence-corrected chi connectivity index (χ0v) is 12.2. The van der Waals surface area contributed by atoms with Gasteiger partial charge in [-0.25, -0.2) is 4.79 Å². The maximum absolute atomic E-state index is 11.7. The predicted molar refractivity (Wildman–Crippen MR) is 67.9 cm³/mol. The van der Waals surface area contributed by atoms with E-state index in [1.807, 2.05) is 6.92 Å². The molecule has 20 heavy (non-hydrogen) atoms. The molecule has 1 N–H and O–H groups in total. The van der Waals surface area contributed by atoms with E-state index in [4.69, 9.17) is 18.9 Å². The summed E-state index contributed by atoms with van der Waals surface area (Å²) in [5, 5.41) is 2.42. The fourth-order valence-corrected chi connectivity index (χ4v) is 1.98. The van der Waals surface area contributed by atoms with E-state index in [1.165, 1.54) is 0 Å². The van der Waals surface area contributed by atoms with Crippen LogP contribution in [0.15, 0.2) is 0 Å². The van der Waals surface area contributed by atoms with E-state index in [0.29, 0.717) is 26.1 Å². The molecule has 1 atom stereocenters. The molecule has 0 aromatic rings. The van der Waals surface area contributed by atoms with E-state index in [1.54, 1.807) is 20.8 Å². The molecule has 114 valence electrons. The van der Waals surface area contributed by atoms with Crippen LogP contribution in [-0.4, -0.2) is 49.8 Å². The first-order chi connectivity index (χ1) is 9.18. The van der Waals surface area contributed by atoms with Gasteiger partial charge in [0.05, 0.1) is 19.8 Å². The number of fused-ring (bicyclic) bond motifs is 3. The van der Waals surface area contributed by atoms with Gasteiger partial charge in [-0.3, -0.25) is 0 Å². The summed E-state index contributed by atoms with van der Waals surface area (Å²) in [6.07, 6.45) is -0.198. The molecule has 1 amide bonds. The zero-order valence-electron chi connectivity index (χ0n) is 12.2. The van der Waals surface area contributed by atoms with Crippen LogP contribution in [0, 0.1) is 5.41 Å². The summed E-state index contributed by atoms with van der Waals surface area (Å²) >= 11 is 0. The van der Waals surface area contributed by atoms with Gasteiger partial charge in [0.2, 0.25) is 0 Å². The molecule has 0 aromatic carbocycles.